The molecule has 1 aliphatic carbocycles. The van der Waals surface area contributed by atoms with Gasteiger partial charge in [-0.25, -0.2) is 9.78 Å². The van der Waals surface area contributed by atoms with Crippen molar-refractivity contribution in [2.75, 3.05) is 0 Å². The van der Waals surface area contributed by atoms with Gasteiger partial charge in [0.25, 0.3) is 0 Å². The molecule has 0 aromatic carbocycles. The molecule has 1 fully saturated rings. The van der Waals surface area contributed by atoms with Crippen molar-refractivity contribution in [2.45, 2.75) is 36.7 Å². The van der Waals surface area contributed by atoms with Crippen molar-refractivity contribution in [3.05, 3.63) is 28.3 Å². The lowest BCUT2D eigenvalue weighted by atomic mass is 10.2. The summed E-state index contributed by atoms with van der Waals surface area (Å²) in [5.41, 5.74) is 1.91. The van der Waals surface area contributed by atoms with Crippen LogP contribution in [0.3, 0.4) is 0 Å². The largest absolute Gasteiger partial charge is 0.477 e. The van der Waals surface area contributed by atoms with Crippen molar-refractivity contribution in [1.82, 2.24) is 9.97 Å². The molecule has 0 amide bonds. The molecule has 0 radical (unpaired) electrons. The van der Waals surface area contributed by atoms with E-state index in [1.54, 1.807) is 23.6 Å². The van der Waals surface area contributed by atoms with Crippen molar-refractivity contribution in [3.8, 4) is 11.3 Å². The number of carboxylic acid groups (broad SMARTS) is 1. The quantitative estimate of drug-likeness (QED) is 0.875. The predicted molar refractivity (Wildman–Crippen MR) is 82.4 cm³/mol. The molecule has 2 heterocycles. The van der Waals surface area contributed by atoms with Crippen molar-refractivity contribution in [1.29, 1.82) is 0 Å². The van der Waals surface area contributed by atoms with Crippen LogP contribution in [-0.4, -0.2) is 26.3 Å². The Hall–Kier alpha value is -1.27. The van der Waals surface area contributed by atoms with E-state index >= 15 is 0 Å². The average molecular weight is 308 g/mol. The lowest BCUT2D eigenvalue weighted by Crippen LogP contribution is -1.94. The third kappa shape index (κ3) is 3.07. The van der Waals surface area contributed by atoms with E-state index in [4.69, 9.17) is 5.11 Å². The lowest BCUT2D eigenvalue weighted by molar-refractivity contribution is 0.0691. The zero-order valence-corrected chi connectivity index (χ0v) is 12.6. The second-order valence-electron chi connectivity index (χ2n) is 4.95. The first-order chi connectivity index (χ1) is 9.72. The zero-order chi connectivity index (χ0) is 13.9. The highest BCUT2D eigenvalue weighted by atomic mass is 32.2. The number of thiazole rings is 1. The molecule has 0 atom stereocenters. The van der Waals surface area contributed by atoms with Crippen LogP contribution in [0, 0.1) is 0 Å². The number of nitrogens with zero attached hydrogens (tertiary/aromatic N) is 1. The van der Waals surface area contributed by atoms with Crippen LogP contribution in [0.4, 0.5) is 0 Å². The number of carboxylic acids is 1. The summed E-state index contributed by atoms with van der Waals surface area (Å²) in [6, 6.07) is 1.63. The molecule has 0 aliphatic heterocycles. The van der Waals surface area contributed by atoms with Gasteiger partial charge < -0.3 is 10.1 Å². The maximum absolute atomic E-state index is 10.8. The summed E-state index contributed by atoms with van der Waals surface area (Å²) < 4.78 is 0. The van der Waals surface area contributed by atoms with Gasteiger partial charge in [0.2, 0.25) is 0 Å². The molecule has 3 rings (SSSR count). The monoisotopic (exact) mass is 308 g/mol. The van der Waals surface area contributed by atoms with Gasteiger partial charge in [0, 0.05) is 28.1 Å². The van der Waals surface area contributed by atoms with Gasteiger partial charge in [-0.3, -0.25) is 0 Å². The van der Waals surface area contributed by atoms with Gasteiger partial charge in [0.15, 0.2) is 0 Å². The number of aromatic carboxylic acids is 1. The lowest BCUT2D eigenvalue weighted by Gasteiger charge is -2.05. The number of aromatic nitrogens is 2. The summed E-state index contributed by atoms with van der Waals surface area (Å²) in [6.07, 6.45) is 7.10. The second kappa shape index (κ2) is 6.01. The first-order valence-corrected chi connectivity index (χ1v) is 8.63. The van der Waals surface area contributed by atoms with Crippen molar-refractivity contribution in [2.24, 2.45) is 0 Å². The first kappa shape index (κ1) is 13.7. The molecule has 2 aromatic heterocycles. The highest BCUT2D eigenvalue weighted by Gasteiger charge is 2.16. The molecule has 0 spiro atoms. The minimum Gasteiger partial charge on any atom is -0.477 e. The Morgan fingerprint density at radius 3 is 3.00 bits per heavy atom. The summed E-state index contributed by atoms with van der Waals surface area (Å²) >= 11 is 3.65. The topological polar surface area (TPSA) is 66.0 Å². The van der Waals surface area contributed by atoms with Gasteiger partial charge in [-0.15, -0.1) is 11.3 Å². The van der Waals surface area contributed by atoms with Crippen LogP contribution in [0.25, 0.3) is 11.3 Å². The van der Waals surface area contributed by atoms with E-state index in [1.807, 2.05) is 17.1 Å². The molecule has 0 saturated heterocycles. The van der Waals surface area contributed by atoms with Crippen molar-refractivity contribution in [3.63, 3.8) is 0 Å². The normalized spacial score (nSPS) is 15.8. The van der Waals surface area contributed by atoms with Crippen LogP contribution in [0.15, 0.2) is 17.6 Å². The molecule has 4 nitrogen and oxygen atoms in total. The Morgan fingerprint density at radius 2 is 2.30 bits per heavy atom. The molecule has 20 heavy (non-hydrogen) atoms. The molecule has 0 unspecified atom stereocenters. The standard InChI is InChI=1S/C14H16N2O2S2/c17-14(18)11-5-9(6-15-11)12-7-20-13(16-12)8-19-10-3-1-2-4-10/h5-7,10,15H,1-4,8H2,(H,17,18). The van der Waals surface area contributed by atoms with Crippen molar-refractivity contribution >= 4 is 29.1 Å². The smallest absolute Gasteiger partial charge is 0.352 e. The Kier molecular flexibility index (Phi) is 4.12. The average Bonchev–Trinajstić information content (AvgIpc) is 3.17. The number of hydrogen-bond acceptors (Lipinski definition) is 4. The van der Waals surface area contributed by atoms with Crippen LogP contribution in [0.1, 0.15) is 41.2 Å². The van der Waals surface area contributed by atoms with E-state index in [-0.39, 0.29) is 5.69 Å². The zero-order valence-electron chi connectivity index (χ0n) is 11.0. The number of hydrogen-bond donors (Lipinski definition) is 2. The minimum atomic E-state index is -0.941. The Morgan fingerprint density at radius 1 is 1.50 bits per heavy atom. The molecule has 0 bridgehead atoms. The van der Waals surface area contributed by atoms with Gasteiger partial charge >= 0.3 is 5.97 Å². The van der Waals surface area contributed by atoms with Gasteiger partial charge in [0.05, 0.1) is 5.69 Å². The van der Waals surface area contributed by atoms with E-state index < -0.39 is 5.97 Å². The maximum Gasteiger partial charge on any atom is 0.352 e. The van der Waals surface area contributed by atoms with E-state index in [0.717, 1.165) is 27.3 Å². The summed E-state index contributed by atoms with van der Waals surface area (Å²) in [5.74, 6) is 0.0226. The molecule has 1 aliphatic rings. The van der Waals surface area contributed by atoms with Crippen LogP contribution >= 0.6 is 23.1 Å². The van der Waals surface area contributed by atoms with Crippen molar-refractivity contribution < 1.29 is 9.90 Å². The number of aromatic amines is 1. The maximum atomic E-state index is 10.8. The van der Waals surface area contributed by atoms with E-state index in [1.165, 1.54) is 25.7 Å². The fourth-order valence-corrected chi connectivity index (χ4v) is 4.59. The first-order valence-electron chi connectivity index (χ1n) is 6.70. The number of rotatable bonds is 5. The molecule has 106 valence electrons. The highest BCUT2D eigenvalue weighted by molar-refractivity contribution is 7.99. The van der Waals surface area contributed by atoms with Crippen LogP contribution in [0.5, 0.6) is 0 Å². The fraction of sp³-hybridized carbons (Fsp3) is 0.429. The summed E-state index contributed by atoms with van der Waals surface area (Å²) in [5, 5.41) is 12.8. The third-order valence-electron chi connectivity index (χ3n) is 3.51. The van der Waals surface area contributed by atoms with E-state index in [2.05, 4.69) is 9.97 Å². The second-order valence-corrected chi connectivity index (χ2v) is 7.18. The summed E-state index contributed by atoms with van der Waals surface area (Å²) in [6.45, 7) is 0. The van der Waals surface area contributed by atoms with Gasteiger partial charge in [-0.2, -0.15) is 11.8 Å². The summed E-state index contributed by atoms with van der Waals surface area (Å²) in [4.78, 5) is 18.2. The third-order valence-corrected chi connectivity index (χ3v) is 5.92. The van der Waals surface area contributed by atoms with E-state index in [9.17, 15) is 4.79 Å². The number of thioether (sulfide) groups is 1. The van der Waals surface area contributed by atoms with Crippen LogP contribution in [-0.2, 0) is 5.75 Å². The summed E-state index contributed by atoms with van der Waals surface area (Å²) in [7, 11) is 0. The Labute approximate surface area is 125 Å². The molecular formula is C14H16N2O2S2. The molecule has 1 saturated carbocycles. The predicted octanol–water partition coefficient (Wildman–Crippen LogP) is 4.01. The fourth-order valence-electron chi connectivity index (χ4n) is 2.42. The van der Waals surface area contributed by atoms with Crippen LogP contribution in [0.2, 0.25) is 0 Å². The number of nitrogens with one attached hydrogen (secondary N) is 1. The SMILES string of the molecule is O=C(O)c1cc(-c2csc(CSC3CCCC3)n2)c[nH]1. The van der Waals surface area contributed by atoms with Gasteiger partial charge in [-0.05, 0) is 18.9 Å². The van der Waals surface area contributed by atoms with Gasteiger partial charge in [-0.1, -0.05) is 12.8 Å². The Bertz CT molecular complexity index is 600. The Balaban J connectivity index is 1.64. The van der Waals surface area contributed by atoms with Gasteiger partial charge in [0.1, 0.15) is 10.7 Å². The molecular weight excluding hydrogens is 292 g/mol. The number of carbonyl (C=O) groups is 1. The number of H-pyrrole nitrogens is 1. The van der Waals surface area contributed by atoms with Crippen LogP contribution < -0.4 is 0 Å². The molecule has 2 aromatic rings. The molecule has 2 N–H and O–H groups in total. The minimum absolute atomic E-state index is 0.204. The molecule has 6 heteroatoms. The van der Waals surface area contributed by atoms with E-state index in [0.29, 0.717) is 0 Å². The highest BCUT2D eigenvalue weighted by Crippen LogP contribution is 2.33.